The molecule has 2 unspecified atom stereocenters. The molecular formula is C12H16N4. The van der Waals surface area contributed by atoms with Gasteiger partial charge in [0.2, 0.25) is 0 Å². The predicted octanol–water partition coefficient (Wildman–Crippen LogP) is 2.97. The Morgan fingerprint density at radius 1 is 1.12 bits per heavy atom. The Bertz CT molecular complexity index is 376. The van der Waals surface area contributed by atoms with Crippen molar-refractivity contribution in [3.05, 3.63) is 24.4 Å². The quantitative estimate of drug-likeness (QED) is 0.724. The number of fused-ring (bicyclic) bond motifs is 1. The van der Waals surface area contributed by atoms with Crippen LogP contribution in [0.25, 0.3) is 0 Å². The van der Waals surface area contributed by atoms with Gasteiger partial charge < -0.3 is 0 Å². The minimum absolute atomic E-state index is 0.393. The Balaban J connectivity index is 1.84. The molecule has 4 heteroatoms. The molecule has 16 heavy (non-hydrogen) atoms. The van der Waals surface area contributed by atoms with E-state index >= 15 is 0 Å². The van der Waals surface area contributed by atoms with E-state index in [1.165, 1.54) is 32.1 Å². The van der Waals surface area contributed by atoms with Gasteiger partial charge in [0.1, 0.15) is 0 Å². The lowest BCUT2D eigenvalue weighted by molar-refractivity contribution is 0.523. The summed E-state index contributed by atoms with van der Waals surface area (Å²) in [6.07, 6.45) is 8.09. The molecule has 1 aliphatic carbocycles. The van der Waals surface area contributed by atoms with Gasteiger partial charge in [0.15, 0.2) is 5.82 Å². The van der Waals surface area contributed by atoms with E-state index in [-0.39, 0.29) is 0 Å². The molecular weight excluding hydrogens is 200 g/mol. The molecule has 2 atom stereocenters. The van der Waals surface area contributed by atoms with E-state index in [1.807, 2.05) is 29.4 Å². The first kappa shape index (κ1) is 9.75. The summed E-state index contributed by atoms with van der Waals surface area (Å²) in [5.41, 5.74) is 0. The smallest absolute Gasteiger partial charge is 0.150 e. The molecule has 1 aromatic rings. The second-order valence-electron chi connectivity index (χ2n) is 4.51. The van der Waals surface area contributed by atoms with Crippen molar-refractivity contribution in [3.63, 3.8) is 0 Å². The van der Waals surface area contributed by atoms with Gasteiger partial charge in [-0.2, -0.15) is 5.11 Å². The molecule has 84 valence electrons. The Hall–Kier alpha value is -1.45. The molecule has 1 fully saturated rings. The normalized spacial score (nSPS) is 28.9. The summed E-state index contributed by atoms with van der Waals surface area (Å²) in [5.74, 6) is 0.931. The Labute approximate surface area is 95.4 Å². The zero-order chi connectivity index (χ0) is 10.8. The molecule has 0 bridgehead atoms. The maximum Gasteiger partial charge on any atom is 0.150 e. The number of aromatic nitrogens is 1. The summed E-state index contributed by atoms with van der Waals surface area (Å²) in [5, 5.41) is 10.7. The number of pyridine rings is 1. The highest BCUT2D eigenvalue weighted by atomic mass is 15.6. The van der Waals surface area contributed by atoms with E-state index in [0.29, 0.717) is 12.1 Å². The second kappa shape index (κ2) is 4.20. The summed E-state index contributed by atoms with van der Waals surface area (Å²) in [4.78, 5) is 4.35. The first-order chi connectivity index (χ1) is 7.95. The fourth-order valence-electron chi connectivity index (χ4n) is 2.58. The van der Waals surface area contributed by atoms with E-state index in [1.54, 1.807) is 0 Å². The summed E-state index contributed by atoms with van der Waals surface area (Å²) < 4.78 is 0. The first-order valence-electron chi connectivity index (χ1n) is 6.06. The highest BCUT2D eigenvalue weighted by Crippen LogP contribution is 2.32. The molecule has 1 aliphatic heterocycles. The van der Waals surface area contributed by atoms with Crippen molar-refractivity contribution in [2.24, 2.45) is 10.3 Å². The fraction of sp³-hybridized carbons (Fsp3) is 0.583. The van der Waals surface area contributed by atoms with E-state index in [2.05, 4.69) is 15.3 Å². The van der Waals surface area contributed by atoms with Crippen LogP contribution in [0.5, 0.6) is 0 Å². The maximum atomic E-state index is 4.39. The van der Waals surface area contributed by atoms with Crippen LogP contribution in [-0.2, 0) is 0 Å². The van der Waals surface area contributed by atoms with Crippen LogP contribution < -0.4 is 5.01 Å². The van der Waals surface area contributed by atoms with E-state index in [0.717, 1.165) is 5.82 Å². The van der Waals surface area contributed by atoms with Crippen LogP contribution >= 0.6 is 0 Å². The molecule has 0 amide bonds. The average Bonchev–Trinajstić information content (AvgIpc) is 2.60. The lowest BCUT2D eigenvalue weighted by atomic mass is 10.0. The Kier molecular flexibility index (Phi) is 2.56. The number of hydrogen-bond acceptors (Lipinski definition) is 4. The van der Waals surface area contributed by atoms with Gasteiger partial charge in [-0.1, -0.05) is 30.6 Å². The molecule has 0 N–H and O–H groups in total. The van der Waals surface area contributed by atoms with Gasteiger partial charge in [0.05, 0.1) is 12.1 Å². The van der Waals surface area contributed by atoms with Gasteiger partial charge in [-0.05, 0) is 25.0 Å². The second-order valence-corrected chi connectivity index (χ2v) is 4.51. The lowest BCUT2D eigenvalue weighted by Gasteiger charge is -2.22. The third kappa shape index (κ3) is 1.68. The molecule has 0 saturated heterocycles. The molecule has 2 heterocycles. The molecule has 1 saturated carbocycles. The summed E-state index contributed by atoms with van der Waals surface area (Å²) in [6.45, 7) is 0. The van der Waals surface area contributed by atoms with Crippen LogP contribution in [0.2, 0.25) is 0 Å². The zero-order valence-corrected chi connectivity index (χ0v) is 9.29. The number of rotatable bonds is 1. The van der Waals surface area contributed by atoms with Crippen LogP contribution in [0, 0.1) is 0 Å². The molecule has 1 aromatic heterocycles. The minimum atomic E-state index is 0.393. The van der Waals surface area contributed by atoms with Crippen LogP contribution in [0.3, 0.4) is 0 Å². The topological polar surface area (TPSA) is 40.9 Å². The van der Waals surface area contributed by atoms with Gasteiger partial charge in [0, 0.05) is 6.20 Å². The molecule has 0 aromatic carbocycles. The third-order valence-electron chi connectivity index (χ3n) is 3.44. The number of nitrogens with zero attached hydrogens (tertiary/aromatic N) is 4. The van der Waals surface area contributed by atoms with Crippen LogP contribution in [0.4, 0.5) is 5.82 Å². The maximum absolute atomic E-state index is 4.39. The summed E-state index contributed by atoms with van der Waals surface area (Å²) in [7, 11) is 0. The van der Waals surface area contributed by atoms with Crippen molar-refractivity contribution in [1.29, 1.82) is 0 Å². The van der Waals surface area contributed by atoms with E-state index in [4.69, 9.17) is 0 Å². The van der Waals surface area contributed by atoms with Gasteiger partial charge in [-0.15, -0.1) is 0 Å². The molecule has 0 radical (unpaired) electrons. The predicted molar refractivity (Wildman–Crippen MR) is 62.2 cm³/mol. The fourth-order valence-corrected chi connectivity index (χ4v) is 2.58. The van der Waals surface area contributed by atoms with Gasteiger partial charge in [-0.25, -0.2) is 9.99 Å². The van der Waals surface area contributed by atoms with Crippen LogP contribution in [-0.4, -0.2) is 17.1 Å². The van der Waals surface area contributed by atoms with E-state index in [9.17, 15) is 0 Å². The van der Waals surface area contributed by atoms with Crippen LogP contribution in [0.1, 0.15) is 32.1 Å². The van der Waals surface area contributed by atoms with Crippen LogP contribution in [0.15, 0.2) is 34.7 Å². The van der Waals surface area contributed by atoms with Crippen molar-refractivity contribution in [3.8, 4) is 0 Å². The molecule has 0 spiro atoms. The largest absolute Gasteiger partial charge is 0.237 e. The number of anilines is 1. The third-order valence-corrected chi connectivity index (χ3v) is 3.44. The molecule has 2 aliphatic rings. The summed E-state index contributed by atoms with van der Waals surface area (Å²) in [6, 6.07) is 6.78. The SMILES string of the molecule is c1ccc(N2N=NC3CCCCCC32)nc1. The summed E-state index contributed by atoms with van der Waals surface area (Å²) >= 11 is 0. The number of hydrogen-bond donors (Lipinski definition) is 0. The van der Waals surface area contributed by atoms with Gasteiger partial charge in [-0.3, -0.25) is 0 Å². The standard InChI is InChI=1S/C12H16N4/c1-2-6-10-11(7-3-1)16(15-14-10)12-8-4-5-9-13-12/h4-5,8-11H,1-3,6-7H2. The average molecular weight is 216 g/mol. The highest BCUT2D eigenvalue weighted by molar-refractivity contribution is 5.39. The molecule has 4 nitrogen and oxygen atoms in total. The van der Waals surface area contributed by atoms with Gasteiger partial charge >= 0.3 is 0 Å². The first-order valence-corrected chi connectivity index (χ1v) is 6.06. The van der Waals surface area contributed by atoms with Crippen molar-refractivity contribution < 1.29 is 0 Å². The Morgan fingerprint density at radius 2 is 2.06 bits per heavy atom. The molecule has 3 rings (SSSR count). The Morgan fingerprint density at radius 3 is 2.94 bits per heavy atom. The van der Waals surface area contributed by atoms with Crippen molar-refractivity contribution >= 4 is 5.82 Å². The zero-order valence-electron chi connectivity index (χ0n) is 9.29. The van der Waals surface area contributed by atoms with Crippen molar-refractivity contribution in [1.82, 2.24) is 4.98 Å². The van der Waals surface area contributed by atoms with E-state index < -0.39 is 0 Å². The lowest BCUT2D eigenvalue weighted by Crippen LogP contribution is -2.34. The minimum Gasteiger partial charge on any atom is -0.237 e. The monoisotopic (exact) mass is 216 g/mol. The highest BCUT2D eigenvalue weighted by Gasteiger charge is 2.34. The van der Waals surface area contributed by atoms with Crippen molar-refractivity contribution in [2.45, 2.75) is 44.2 Å². The van der Waals surface area contributed by atoms with Gasteiger partial charge in [0.25, 0.3) is 0 Å². The van der Waals surface area contributed by atoms with Crippen molar-refractivity contribution in [2.75, 3.05) is 5.01 Å².